The first kappa shape index (κ1) is 24.8. The molecule has 2 saturated heterocycles. The normalized spacial score (nSPS) is 18.3. The van der Waals surface area contributed by atoms with Crippen LogP contribution in [0.3, 0.4) is 0 Å². The van der Waals surface area contributed by atoms with Crippen molar-refractivity contribution in [1.82, 2.24) is 9.80 Å². The van der Waals surface area contributed by atoms with Gasteiger partial charge >= 0.3 is 12.1 Å². The standard InChI is InChI=1S/C22H28N2O2.C2HF3O2/c1-17-4-3-5-19(14-17)15-24-21(25)8-9-22(24)10-12-23(13-11-22)16-20-7-6-18(2)26-20;3-2(4,5)1(6)7/h3-7,14H,8-13,15-16H2,1-2H3;(H,6,7). The van der Waals surface area contributed by atoms with Crippen LogP contribution in [-0.2, 0) is 22.7 Å². The molecule has 2 aliphatic heterocycles. The van der Waals surface area contributed by atoms with Gasteiger partial charge in [-0.2, -0.15) is 13.2 Å². The van der Waals surface area contributed by atoms with Crippen molar-refractivity contribution < 1.29 is 32.3 Å². The summed E-state index contributed by atoms with van der Waals surface area (Å²) >= 11 is 0. The van der Waals surface area contributed by atoms with Crippen LogP contribution in [0.5, 0.6) is 0 Å². The average Bonchev–Trinajstić information content (AvgIpc) is 3.28. The molecule has 1 N–H and O–H groups in total. The molecule has 0 unspecified atom stereocenters. The first-order valence-corrected chi connectivity index (χ1v) is 10.9. The van der Waals surface area contributed by atoms with E-state index < -0.39 is 12.1 Å². The van der Waals surface area contributed by atoms with Crippen molar-refractivity contribution in [3.63, 3.8) is 0 Å². The summed E-state index contributed by atoms with van der Waals surface area (Å²) in [6.45, 7) is 7.77. The number of carbonyl (C=O) groups is 2. The molecule has 0 radical (unpaired) electrons. The van der Waals surface area contributed by atoms with Gasteiger partial charge in [-0.3, -0.25) is 9.69 Å². The minimum absolute atomic E-state index is 0.0520. The van der Waals surface area contributed by atoms with Gasteiger partial charge < -0.3 is 14.4 Å². The lowest BCUT2D eigenvalue weighted by Crippen LogP contribution is -2.52. The van der Waals surface area contributed by atoms with Crippen molar-refractivity contribution in [2.45, 2.75) is 64.3 Å². The van der Waals surface area contributed by atoms with Crippen LogP contribution in [0.1, 0.15) is 48.3 Å². The Hall–Kier alpha value is -2.81. The number of carbonyl (C=O) groups excluding carboxylic acids is 1. The van der Waals surface area contributed by atoms with E-state index in [1.165, 1.54) is 11.1 Å². The van der Waals surface area contributed by atoms with Gasteiger partial charge in [-0.25, -0.2) is 4.79 Å². The van der Waals surface area contributed by atoms with E-state index in [-0.39, 0.29) is 5.54 Å². The van der Waals surface area contributed by atoms with Gasteiger partial charge in [0, 0.05) is 31.6 Å². The van der Waals surface area contributed by atoms with Gasteiger partial charge in [-0.15, -0.1) is 0 Å². The van der Waals surface area contributed by atoms with Crippen LogP contribution in [0.25, 0.3) is 0 Å². The third kappa shape index (κ3) is 6.37. The van der Waals surface area contributed by atoms with Crippen molar-refractivity contribution in [2.24, 2.45) is 0 Å². The Morgan fingerprint density at radius 2 is 1.76 bits per heavy atom. The molecule has 1 amide bonds. The Morgan fingerprint density at radius 1 is 1.09 bits per heavy atom. The SMILES string of the molecule is Cc1cccc(CN2C(=O)CCC23CCN(Cc2ccc(C)o2)CC3)c1.O=C(O)C(F)(F)F. The van der Waals surface area contributed by atoms with Gasteiger partial charge in [0.2, 0.25) is 5.91 Å². The number of hydrogen-bond acceptors (Lipinski definition) is 4. The quantitative estimate of drug-likeness (QED) is 0.708. The Balaban J connectivity index is 0.000000383. The van der Waals surface area contributed by atoms with Crippen LogP contribution in [0, 0.1) is 13.8 Å². The highest BCUT2D eigenvalue weighted by molar-refractivity contribution is 5.79. The zero-order valence-corrected chi connectivity index (χ0v) is 18.8. The zero-order chi connectivity index (χ0) is 24.2. The molecule has 0 bridgehead atoms. The lowest BCUT2D eigenvalue weighted by atomic mass is 9.84. The summed E-state index contributed by atoms with van der Waals surface area (Å²) in [5.74, 6) is -0.425. The molecule has 0 saturated carbocycles. The number of aryl methyl sites for hydroxylation is 2. The van der Waals surface area contributed by atoms with Crippen LogP contribution in [0.2, 0.25) is 0 Å². The molecule has 2 aliphatic rings. The van der Waals surface area contributed by atoms with Crippen molar-refractivity contribution in [3.05, 3.63) is 59.0 Å². The van der Waals surface area contributed by atoms with Crippen molar-refractivity contribution in [3.8, 4) is 0 Å². The van der Waals surface area contributed by atoms with Crippen LogP contribution >= 0.6 is 0 Å². The molecule has 1 aromatic carbocycles. The maximum Gasteiger partial charge on any atom is 0.490 e. The number of piperidine rings is 1. The molecule has 1 aromatic heterocycles. The number of carboxylic acid groups (broad SMARTS) is 1. The molecule has 180 valence electrons. The van der Waals surface area contributed by atoms with Crippen molar-refractivity contribution in [2.75, 3.05) is 13.1 Å². The Bertz CT molecular complexity index is 978. The van der Waals surface area contributed by atoms with E-state index in [0.29, 0.717) is 12.3 Å². The van der Waals surface area contributed by atoms with Crippen molar-refractivity contribution >= 4 is 11.9 Å². The first-order chi connectivity index (χ1) is 15.5. The molecule has 1 spiro atoms. The lowest BCUT2D eigenvalue weighted by molar-refractivity contribution is -0.192. The fourth-order valence-electron chi connectivity index (χ4n) is 4.56. The Kier molecular flexibility index (Phi) is 7.51. The summed E-state index contributed by atoms with van der Waals surface area (Å²) in [4.78, 5) is 26.1. The highest BCUT2D eigenvalue weighted by atomic mass is 19.4. The maximum absolute atomic E-state index is 12.6. The minimum atomic E-state index is -5.08. The second kappa shape index (κ2) is 9.99. The molecule has 4 rings (SSSR count). The monoisotopic (exact) mass is 466 g/mol. The Labute approximate surface area is 191 Å². The van der Waals surface area contributed by atoms with Crippen LogP contribution in [0.15, 0.2) is 40.8 Å². The summed E-state index contributed by atoms with van der Waals surface area (Å²) in [5.41, 5.74) is 2.55. The number of likely N-dealkylation sites (tertiary alicyclic amines) is 2. The molecular formula is C24H29F3N2O4. The summed E-state index contributed by atoms with van der Waals surface area (Å²) in [6, 6.07) is 12.6. The van der Waals surface area contributed by atoms with E-state index >= 15 is 0 Å². The zero-order valence-electron chi connectivity index (χ0n) is 18.8. The van der Waals surface area contributed by atoms with Crippen LogP contribution in [-0.4, -0.2) is 51.6 Å². The van der Waals surface area contributed by atoms with Crippen LogP contribution < -0.4 is 0 Å². The second-order valence-corrected chi connectivity index (χ2v) is 8.78. The molecule has 6 nitrogen and oxygen atoms in total. The van der Waals surface area contributed by atoms with E-state index in [1.807, 2.05) is 13.0 Å². The topological polar surface area (TPSA) is 74.0 Å². The average molecular weight is 467 g/mol. The highest BCUT2D eigenvalue weighted by Gasteiger charge is 2.46. The summed E-state index contributed by atoms with van der Waals surface area (Å²) in [7, 11) is 0. The third-order valence-electron chi connectivity index (χ3n) is 6.31. The van der Waals surface area contributed by atoms with E-state index in [0.717, 1.165) is 57.0 Å². The number of carboxylic acids is 1. The fourth-order valence-corrected chi connectivity index (χ4v) is 4.56. The predicted molar refractivity (Wildman–Crippen MR) is 115 cm³/mol. The number of amides is 1. The van der Waals surface area contributed by atoms with Gasteiger partial charge in [0.05, 0.1) is 6.54 Å². The summed E-state index contributed by atoms with van der Waals surface area (Å²) in [5, 5.41) is 7.12. The largest absolute Gasteiger partial charge is 0.490 e. The molecule has 0 atom stereocenters. The van der Waals surface area contributed by atoms with Gasteiger partial charge in [-0.1, -0.05) is 29.8 Å². The number of nitrogens with zero attached hydrogens (tertiary/aromatic N) is 2. The molecule has 33 heavy (non-hydrogen) atoms. The number of alkyl halides is 3. The maximum atomic E-state index is 12.6. The predicted octanol–water partition coefficient (Wildman–Crippen LogP) is 4.69. The molecular weight excluding hydrogens is 437 g/mol. The van der Waals surface area contributed by atoms with Gasteiger partial charge in [0.15, 0.2) is 0 Å². The number of furan rings is 1. The van der Waals surface area contributed by atoms with Gasteiger partial charge in [0.25, 0.3) is 0 Å². The number of aliphatic carboxylic acids is 1. The number of halogens is 3. The third-order valence-corrected chi connectivity index (χ3v) is 6.31. The minimum Gasteiger partial charge on any atom is -0.475 e. The van der Waals surface area contributed by atoms with Gasteiger partial charge in [0.1, 0.15) is 11.5 Å². The summed E-state index contributed by atoms with van der Waals surface area (Å²) < 4.78 is 37.5. The van der Waals surface area contributed by atoms with E-state index in [2.05, 4.69) is 47.1 Å². The number of benzene rings is 1. The van der Waals surface area contributed by atoms with Gasteiger partial charge in [-0.05, 0) is 50.8 Å². The molecule has 0 aliphatic carbocycles. The number of hydrogen-bond donors (Lipinski definition) is 1. The lowest BCUT2D eigenvalue weighted by Gasteiger charge is -2.45. The van der Waals surface area contributed by atoms with E-state index in [1.54, 1.807) is 0 Å². The Morgan fingerprint density at radius 3 is 2.30 bits per heavy atom. The van der Waals surface area contributed by atoms with E-state index in [4.69, 9.17) is 14.3 Å². The first-order valence-electron chi connectivity index (χ1n) is 10.9. The number of rotatable bonds is 4. The van der Waals surface area contributed by atoms with Crippen LogP contribution in [0.4, 0.5) is 13.2 Å². The smallest absolute Gasteiger partial charge is 0.475 e. The molecule has 2 fully saturated rings. The van der Waals surface area contributed by atoms with E-state index in [9.17, 15) is 18.0 Å². The van der Waals surface area contributed by atoms with Crippen molar-refractivity contribution in [1.29, 1.82) is 0 Å². The second-order valence-electron chi connectivity index (χ2n) is 8.78. The highest BCUT2D eigenvalue weighted by Crippen LogP contribution is 2.40. The summed E-state index contributed by atoms with van der Waals surface area (Å²) in [6.07, 6.45) is -1.26. The molecule has 9 heteroatoms. The molecule has 2 aromatic rings. The fraction of sp³-hybridized carbons (Fsp3) is 0.500. The molecule has 3 heterocycles.